The van der Waals surface area contributed by atoms with Gasteiger partial charge in [-0.15, -0.1) is 0 Å². The van der Waals surface area contributed by atoms with Gasteiger partial charge < -0.3 is 4.74 Å². The van der Waals surface area contributed by atoms with Gasteiger partial charge in [-0.3, -0.25) is 9.69 Å². The molecule has 1 aliphatic heterocycles. The number of halogens is 1. The zero-order valence-corrected chi connectivity index (χ0v) is 9.69. The fourth-order valence-electron chi connectivity index (χ4n) is 1.87. The Bertz CT molecular complexity index is 385. The summed E-state index contributed by atoms with van der Waals surface area (Å²) in [6.45, 7) is 2.77. The lowest BCUT2D eigenvalue weighted by atomic mass is 10.1. The van der Waals surface area contributed by atoms with Crippen LogP contribution in [0.15, 0.2) is 24.3 Å². The Morgan fingerprint density at radius 1 is 1.24 bits per heavy atom. The molecular weight excluding hydrogens is 221 g/mol. The number of piperidine rings is 1. The summed E-state index contributed by atoms with van der Waals surface area (Å²) in [4.78, 5) is 13.2. The van der Waals surface area contributed by atoms with E-state index in [9.17, 15) is 9.18 Å². The van der Waals surface area contributed by atoms with Crippen LogP contribution in [0, 0.1) is 5.82 Å². The van der Waals surface area contributed by atoms with Crippen LogP contribution in [0.1, 0.15) is 12.8 Å². The van der Waals surface area contributed by atoms with Crippen molar-refractivity contribution in [2.24, 2.45) is 0 Å². The third-order valence-electron chi connectivity index (χ3n) is 2.92. The van der Waals surface area contributed by atoms with Crippen LogP contribution in [-0.4, -0.2) is 36.9 Å². The van der Waals surface area contributed by atoms with Crippen molar-refractivity contribution in [3.8, 4) is 5.75 Å². The monoisotopic (exact) mass is 237 g/mol. The van der Waals surface area contributed by atoms with Crippen molar-refractivity contribution in [2.75, 3.05) is 26.2 Å². The third-order valence-corrected chi connectivity index (χ3v) is 2.92. The number of ether oxygens (including phenoxy) is 1. The Hall–Kier alpha value is -1.42. The molecule has 1 aromatic carbocycles. The molecule has 1 heterocycles. The number of benzene rings is 1. The topological polar surface area (TPSA) is 29.5 Å². The maximum absolute atomic E-state index is 13.2. The number of hydrogen-bond acceptors (Lipinski definition) is 3. The predicted molar refractivity (Wildman–Crippen MR) is 62.6 cm³/mol. The van der Waals surface area contributed by atoms with Gasteiger partial charge in [-0.25, -0.2) is 4.39 Å². The molecule has 0 unspecified atom stereocenters. The minimum Gasteiger partial charge on any atom is -0.489 e. The van der Waals surface area contributed by atoms with Crippen LogP contribution < -0.4 is 4.74 Å². The predicted octanol–water partition coefficient (Wildman–Crippen LogP) is 1.87. The van der Waals surface area contributed by atoms with Gasteiger partial charge in [-0.05, 0) is 12.1 Å². The molecule has 0 spiro atoms. The summed E-state index contributed by atoms with van der Waals surface area (Å²) in [5.41, 5.74) is 0. The normalized spacial score (nSPS) is 17.1. The second kappa shape index (κ2) is 5.77. The zero-order valence-electron chi connectivity index (χ0n) is 9.69. The van der Waals surface area contributed by atoms with Gasteiger partial charge in [0, 0.05) is 32.5 Å². The van der Waals surface area contributed by atoms with E-state index in [2.05, 4.69) is 4.90 Å². The molecule has 2 rings (SSSR count). The molecule has 1 saturated heterocycles. The SMILES string of the molecule is O=C1CCN(CCOc2ccccc2F)CC1. The maximum atomic E-state index is 13.2. The minimum absolute atomic E-state index is 0.292. The number of nitrogens with zero attached hydrogens (tertiary/aromatic N) is 1. The minimum atomic E-state index is -0.332. The third kappa shape index (κ3) is 3.53. The van der Waals surface area contributed by atoms with Gasteiger partial charge >= 0.3 is 0 Å². The molecule has 0 aliphatic carbocycles. The summed E-state index contributed by atoms with van der Waals surface area (Å²) >= 11 is 0. The summed E-state index contributed by atoms with van der Waals surface area (Å²) in [7, 11) is 0. The molecule has 0 aromatic heterocycles. The van der Waals surface area contributed by atoms with Crippen LogP contribution >= 0.6 is 0 Å². The average Bonchev–Trinajstić information content (AvgIpc) is 2.34. The molecule has 0 radical (unpaired) electrons. The fraction of sp³-hybridized carbons (Fsp3) is 0.462. The van der Waals surface area contributed by atoms with E-state index in [1.165, 1.54) is 6.07 Å². The van der Waals surface area contributed by atoms with E-state index in [4.69, 9.17) is 4.74 Å². The zero-order chi connectivity index (χ0) is 12.1. The lowest BCUT2D eigenvalue weighted by Crippen LogP contribution is -2.36. The largest absolute Gasteiger partial charge is 0.489 e. The molecule has 1 aliphatic rings. The highest BCUT2D eigenvalue weighted by Gasteiger charge is 2.15. The van der Waals surface area contributed by atoms with Gasteiger partial charge in [-0.1, -0.05) is 12.1 Å². The van der Waals surface area contributed by atoms with Crippen molar-refractivity contribution in [3.63, 3.8) is 0 Å². The first kappa shape index (κ1) is 12.0. The molecule has 1 fully saturated rings. The van der Waals surface area contributed by atoms with Crippen molar-refractivity contribution in [2.45, 2.75) is 12.8 Å². The van der Waals surface area contributed by atoms with E-state index in [0.29, 0.717) is 31.0 Å². The number of rotatable bonds is 4. The van der Waals surface area contributed by atoms with Crippen molar-refractivity contribution >= 4 is 5.78 Å². The number of para-hydroxylation sites is 1. The highest BCUT2D eigenvalue weighted by Crippen LogP contribution is 2.15. The Morgan fingerprint density at radius 3 is 2.65 bits per heavy atom. The fourth-order valence-corrected chi connectivity index (χ4v) is 1.87. The van der Waals surface area contributed by atoms with Gasteiger partial charge in [0.15, 0.2) is 11.6 Å². The van der Waals surface area contributed by atoms with E-state index in [1.807, 2.05) is 0 Å². The quantitative estimate of drug-likeness (QED) is 0.800. The van der Waals surface area contributed by atoms with Gasteiger partial charge in [0.25, 0.3) is 0 Å². The van der Waals surface area contributed by atoms with Crippen LogP contribution in [0.4, 0.5) is 4.39 Å². The van der Waals surface area contributed by atoms with E-state index < -0.39 is 0 Å². The second-order valence-corrected chi connectivity index (χ2v) is 4.16. The Morgan fingerprint density at radius 2 is 1.94 bits per heavy atom. The molecule has 92 valence electrons. The van der Waals surface area contributed by atoms with Crippen molar-refractivity contribution in [1.29, 1.82) is 0 Å². The Balaban J connectivity index is 1.73. The molecule has 3 nitrogen and oxygen atoms in total. The standard InChI is InChI=1S/C13H16FNO2/c14-12-3-1-2-4-13(12)17-10-9-15-7-5-11(16)6-8-15/h1-4H,5-10H2. The molecule has 0 saturated carbocycles. The molecule has 0 amide bonds. The van der Waals surface area contributed by atoms with Crippen molar-refractivity contribution < 1.29 is 13.9 Å². The van der Waals surface area contributed by atoms with E-state index in [1.54, 1.807) is 18.2 Å². The summed E-state index contributed by atoms with van der Waals surface area (Å²) < 4.78 is 18.6. The Kier molecular flexibility index (Phi) is 4.09. The van der Waals surface area contributed by atoms with Crippen LogP contribution in [0.3, 0.4) is 0 Å². The van der Waals surface area contributed by atoms with Gasteiger partial charge in [0.1, 0.15) is 12.4 Å². The molecule has 0 atom stereocenters. The second-order valence-electron chi connectivity index (χ2n) is 4.16. The number of Topliss-reactive ketones (excluding diaryl/α,β-unsaturated/α-hetero) is 1. The van der Waals surface area contributed by atoms with E-state index >= 15 is 0 Å². The molecule has 0 bridgehead atoms. The average molecular weight is 237 g/mol. The number of likely N-dealkylation sites (tertiary alicyclic amines) is 1. The first-order chi connectivity index (χ1) is 8.25. The number of carbonyl (C=O) groups is 1. The first-order valence-electron chi connectivity index (χ1n) is 5.87. The molecule has 17 heavy (non-hydrogen) atoms. The number of hydrogen-bond donors (Lipinski definition) is 0. The van der Waals surface area contributed by atoms with Gasteiger partial charge in [0.2, 0.25) is 0 Å². The first-order valence-corrected chi connectivity index (χ1v) is 5.87. The summed E-state index contributed by atoms with van der Waals surface area (Å²) in [5, 5.41) is 0. The van der Waals surface area contributed by atoms with E-state index in [-0.39, 0.29) is 5.82 Å². The lowest BCUT2D eigenvalue weighted by Gasteiger charge is -2.25. The molecule has 1 aromatic rings. The van der Waals surface area contributed by atoms with Crippen LogP contribution in [0.2, 0.25) is 0 Å². The molecule has 4 heteroatoms. The number of carbonyl (C=O) groups excluding carboxylic acids is 1. The maximum Gasteiger partial charge on any atom is 0.165 e. The lowest BCUT2D eigenvalue weighted by molar-refractivity contribution is -0.121. The highest BCUT2D eigenvalue weighted by molar-refractivity contribution is 5.79. The van der Waals surface area contributed by atoms with Gasteiger partial charge in [0.05, 0.1) is 0 Å². The van der Waals surface area contributed by atoms with Crippen LogP contribution in [0.5, 0.6) is 5.75 Å². The number of ketones is 1. The molecular formula is C13H16FNO2. The molecule has 0 N–H and O–H groups in total. The van der Waals surface area contributed by atoms with Crippen LogP contribution in [-0.2, 0) is 4.79 Å². The summed E-state index contributed by atoms with van der Waals surface area (Å²) in [6, 6.07) is 6.39. The highest BCUT2D eigenvalue weighted by atomic mass is 19.1. The van der Waals surface area contributed by atoms with Crippen molar-refractivity contribution in [3.05, 3.63) is 30.1 Å². The Labute approximate surface area is 100 Å². The summed E-state index contributed by atoms with van der Waals surface area (Å²) in [6.07, 6.45) is 1.25. The van der Waals surface area contributed by atoms with Crippen molar-refractivity contribution in [1.82, 2.24) is 4.90 Å². The van der Waals surface area contributed by atoms with E-state index in [0.717, 1.165) is 19.6 Å². The smallest absolute Gasteiger partial charge is 0.165 e. The van der Waals surface area contributed by atoms with Crippen LogP contribution in [0.25, 0.3) is 0 Å². The summed E-state index contributed by atoms with van der Waals surface area (Å²) in [5.74, 6) is 0.290. The van der Waals surface area contributed by atoms with Gasteiger partial charge in [-0.2, -0.15) is 0 Å².